The first kappa shape index (κ1) is 27.5. The van der Waals surface area contributed by atoms with Gasteiger partial charge < -0.3 is 14.0 Å². The second-order valence-electron chi connectivity index (χ2n) is 8.65. The lowest BCUT2D eigenvalue weighted by atomic mass is 10.2. The smallest absolute Gasteiger partial charge is 0.264 e. The van der Waals surface area contributed by atoms with Gasteiger partial charge in [0.1, 0.15) is 18.0 Å². The van der Waals surface area contributed by atoms with Crippen molar-refractivity contribution in [2.24, 2.45) is 5.10 Å². The van der Waals surface area contributed by atoms with Crippen LogP contribution in [0.1, 0.15) is 17.0 Å². The number of nitrogens with one attached hydrogen (secondary N) is 1. The van der Waals surface area contributed by atoms with Crippen LogP contribution in [0.3, 0.4) is 0 Å². The van der Waals surface area contributed by atoms with Crippen LogP contribution in [0.4, 0.5) is 5.69 Å². The number of anilines is 1. The van der Waals surface area contributed by atoms with Gasteiger partial charge in [0.25, 0.3) is 15.9 Å². The van der Waals surface area contributed by atoms with E-state index in [2.05, 4.69) is 15.1 Å². The summed E-state index contributed by atoms with van der Waals surface area (Å²) in [5.74, 6) is 0.0915. The summed E-state index contributed by atoms with van der Waals surface area (Å²) in [5, 5.41) is 4.11. The van der Waals surface area contributed by atoms with Crippen molar-refractivity contribution in [2.75, 3.05) is 25.1 Å². The summed E-state index contributed by atoms with van der Waals surface area (Å²) in [7, 11) is -1.21. The molecule has 1 N–H and O–H groups in total. The summed E-state index contributed by atoms with van der Waals surface area (Å²) in [6.45, 7) is 3.43. The highest BCUT2D eigenvalue weighted by atomic mass is 32.2. The van der Waals surface area contributed by atoms with Crippen molar-refractivity contribution in [1.29, 1.82) is 0 Å². The Bertz CT molecular complexity index is 1580. The van der Waals surface area contributed by atoms with Gasteiger partial charge in [0.2, 0.25) is 0 Å². The number of aromatic nitrogens is 1. The molecule has 1 heterocycles. The van der Waals surface area contributed by atoms with Crippen molar-refractivity contribution in [3.05, 3.63) is 102 Å². The molecule has 4 aromatic rings. The molecule has 0 aliphatic carbocycles. The molecule has 0 spiro atoms. The molecular formula is C29H30N4O5S. The minimum Gasteiger partial charge on any atom is -0.497 e. The highest BCUT2D eigenvalue weighted by Gasteiger charge is 2.29. The number of benzene rings is 3. The van der Waals surface area contributed by atoms with Crippen molar-refractivity contribution in [3.8, 4) is 17.2 Å². The number of rotatable bonds is 10. The lowest BCUT2D eigenvalue weighted by Gasteiger charge is -2.25. The predicted octanol–water partition coefficient (Wildman–Crippen LogP) is 4.46. The number of amides is 1. The van der Waals surface area contributed by atoms with E-state index in [4.69, 9.17) is 9.47 Å². The normalized spacial score (nSPS) is 11.4. The molecular weight excluding hydrogens is 516 g/mol. The number of sulfonamides is 1. The maximum absolute atomic E-state index is 13.6. The van der Waals surface area contributed by atoms with E-state index in [1.165, 1.54) is 32.4 Å². The molecule has 0 unspecified atom stereocenters. The monoisotopic (exact) mass is 546 g/mol. The molecule has 3 aromatic carbocycles. The first-order valence-corrected chi connectivity index (χ1v) is 13.6. The molecule has 0 aliphatic heterocycles. The van der Waals surface area contributed by atoms with Crippen LogP contribution in [0, 0.1) is 13.8 Å². The first-order valence-electron chi connectivity index (χ1n) is 12.1. The third-order valence-corrected chi connectivity index (χ3v) is 7.93. The quantitative estimate of drug-likeness (QED) is 0.234. The summed E-state index contributed by atoms with van der Waals surface area (Å²) in [4.78, 5) is 13.0. The second kappa shape index (κ2) is 11.9. The molecule has 0 fully saturated rings. The Hall–Kier alpha value is -4.57. The Labute approximate surface area is 228 Å². The van der Waals surface area contributed by atoms with Crippen LogP contribution in [0.25, 0.3) is 5.69 Å². The summed E-state index contributed by atoms with van der Waals surface area (Å²) < 4.78 is 41.0. The Morgan fingerprint density at radius 2 is 1.62 bits per heavy atom. The van der Waals surface area contributed by atoms with E-state index >= 15 is 0 Å². The number of carbonyl (C=O) groups excluding carboxylic acids is 1. The number of methoxy groups -OCH3 is 2. The molecule has 0 atom stereocenters. The number of ether oxygens (including phenoxy) is 2. The summed E-state index contributed by atoms with van der Waals surface area (Å²) >= 11 is 0. The van der Waals surface area contributed by atoms with Crippen molar-refractivity contribution in [3.63, 3.8) is 0 Å². The standard InChI is InChI=1S/C29H30N4O5S/c1-21-17-23(22(2)33(21)24-11-7-5-8-12-24)19-30-31-29(34)20-32(39(35,36)26-13-9-6-10-14-26)27-16-15-25(37-3)18-28(27)38-4/h5-19H,20H2,1-4H3,(H,31,34)/b30-19-. The van der Waals surface area contributed by atoms with Gasteiger partial charge >= 0.3 is 0 Å². The van der Waals surface area contributed by atoms with E-state index in [1.807, 2.05) is 50.2 Å². The Kier molecular flexibility index (Phi) is 8.36. The average Bonchev–Trinajstić information content (AvgIpc) is 3.24. The Morgan fingerprint density at radius 1 is 0.949 bits per heavy atom. The van der Waals surface area contributed by atoms with E-state index in [0.29, 0.717) is 5.75 Å². The zero-order valence-electron chi connectivity index (χ0n) is 22.2. The Balaban J connectivity index is 1.60. The molecule has 0 radical (unpaired) electrons. The van der Waals surface area contributed by atoms with Gasteiger partial charge in [0, 0.05) is 28.7 Å². The fraction of sp³-hybridized carbons (Fsp3) is 0.172. The van der Waals surface area contributed by atoms with Crippen molar-refractivity contribution in [2.45, 2.75) is 18.7 Å². The van der Waals surface area contributed by atoms with Crippen LogP contribution in [-0.2, 0) is 14.8 Å². The van der Waals surface area contributed by atoms with E-state index < -0.39 is 22.5 Å². The molecule has 0 saturated carbocycles. The molecule has 10 heteroatoms. The number of nitrogens with zero attached hydrogens (tertiary/aromatic N) is 3. The molecule has 1 aromatic heterocycles. The Morgan fingerprint density at radius 3 is 2.26 bits per heavy atom. The predicted molar refractivity (Wildman–Crippen MR) is 151 cm³/mol. The molecule has 0 saturated heterocycles. The van der Waals surface area contributed by atoms with Crippen molar-refractivity contribution >= 4 is 27.8 Å². The zero-order chi connectivity index (χ0) is 28.0. The highest BCUT2D eigenvalue weighted by Crippen LogP contribution is 2.35. The van der Waals surface area contributed by atoms with Crippen molar-refractivity contribution < 1.29 is 22.7 Å². The van der Waals surface area contributed by atoms with Gasteiger partial charge in [-0.25, -0.2) is 13.8 Å². The molecule has 4 rings (SSSR count). The maximum Gasteiger partial charge on any atom is 0.264 e. The average molecular weight is 547 g/mol. The number of hydrogen-bond acceptors (Lipinski definition) is 6. The van der Waals surface area contributed by atoms with Gasteiger partial charge in [-0.05, 0) is 56.3 Å². The third kappa shape index (κ3) is 5.96. The van der Waals surface area contributed by atoms with Gasteiger partial charge in [-0.15, -0.1) is 0 Å². The van der Waals surface area contributed by atoms with E-state index in [9.17, 15) is 13.2 Å². The highest BCUT2D eigenvalue weighted by molar-refractivity contribution is 7.92. The van der Waals surface area contributed by atoms with Crippen molar-refractivity contribution in [1.82, 2.24) is 9.99 Å². The number of hydrogen-bond donors (Lipinski definition) is 1. The van der Waals surface area contributed by atoms with Crippen LogP contribution >= 0.6 is 0 Å². The van der Waals surface area contributed by atoms with E-state index in [0.717, 1.165) is 26.9 Å². The lowest BCUT2D eigenvalue weighted by molar-refractivity contribution is -0.119. The second-order valence-corrected chi connectivity index (χ2v) is 10.5. The largest absolute Gasteiger partial charge is 0.497 e. The SMILES string of the molecule is COc1ccc(N(CC(=O)N/N=C\c2cc(C)n(-c3ccccc3)c2C)S(=O)(=O)c2ccccc2)c(OC)c1. The third-order valence-electron chi connectivity index (χ3n) is 6.15. The fourth-order valence-corrected chi connectivity index (χ4v) is 5.70. The van der Waals surface area contributed by atoms with E-state index in [1.54, 1.807) is 36.5 Å². The maximum atomic E-state index is 13.6. The van der Waals surface area contributed by atoms with Crippen LogP contribution in [0.2, 0.25) is 0 Å². The first-order chi connectivity index (χ1) is 18.8. The molecule has 202 valence electrons. The zero-order valence-corrected chi connectivity index (χ0v) is 23.0. The van der Waals surface area contributed by atoms with Gasteiger partial charge in [-0.3, -0.25) is 9.10 Å². The number of para-hydroxylation sites is 1. The molecule has 1 amide bonds. The van der Waals surface area contributed by atoms with Gasteiger partial charge in [-0.2, -0.15) is 5.10 Å². The number of aryl methyl sites for hydroxylation is 1. The van der Waals surface area contributed by atoms with Crippen LogP contribution < -0.4 is 19.2 Å². The van der Waals surface area contributed by atoms with Crippen LogP contribution in [0.5, 0.6) is 11.5 Å². The van der Waals surface area contributed by atoms with E-state index in [-0.39, 0.29) is 16.3 Å². The molecule has 0 aliphatic rings. The lowest BCUT2D eigenvalue weighted by Crippen LogP contribution is -2.39. The molecule has 9 nitrogen and oxygen atoms in total. The van der Waals surface area contributed by atoms with Crippen LogP contribution in [0.15, 0.2) is 94.9 Å². The summed E-state index contributed by atoms with van der Waals surface area (Å²) in [6.07, 6.45) is 1.55. The van der Waals surface area contributed by atoms with Gasteiger partial charge in [0.05, 0.1) is 31.0 Å². The minimum absolute atomic E-state index is 0.0347. The van der Waals surface area contributed by atoms with Crippen LogP contribution in [-0.4, -0.2) is 45.9 Å². The molecule has 0 bridgehead atoms. The summed E-state index contributed by atoms with van der Waals surface area (Å²) in [5.41, 5.74) is 6.45. The fourth-order valence-electron chi connectivity index (χ4n) is 4.24. The topological polar surface area (TPSA) is 102 Å². The minimum atomic E-state index is -4.12. The number of hydrazone groups is 1. The van der Waals surface area contributed by atoms with Gasteiger partial charge in [-0.1, -0.05) is 36.4 Å². The number of carbonyl (C=O) groups is 1. The summed E-state index contributed by atoms with van der Waals surface area (Å²) in [6, 6.07) is 24.5. The van der Waals surface area contributed by atoms with Gasteiger partial charge in [0.15, 0.2) is 0 Å². The molecule has 39 heavy (non-hydrogen) atoms.